The van der Waals surface area contributed by atoms with Gasteiger partial charge in [-0.3, -0.25) is 4.98 Å². The average Bonchev–Trinajstić information content (AvgIpc) is 2.35. The first-order chi connectivity index (χ1) is 10.7. The predicted molar refractivity (Wildman–Crippen MR) is 70.1 cm³/mol. The summed E-state index contributed by atoms with van der Waals surface area (Å²) >= 11 is 0. The van der Waals surface area contributed by atoms with Crippen LogP contribution in [0.3, 0.4) is 0 Å². The molecule has 136 valence electrons. The van der Waals surface area contributed by atoms with Gasteiger partial charge in [-0.2, -0.15) is 26.3 Å². The van der Waals surface area contributed by atoms with Gasteiger partial charge in [-0.25, -0.2) is 4.79 Å². The molecule has 0 bridgehead atoms. The van der Waals surface area contributed by atoms with Crippen molar-refractivity contribution < 1.29 is 40.6 Å². The van der Waals surface area contributed by atoms with Gasteiger partial charge < -0.3 is 9.47 Å². The van der Waals surface area contributed by atoms with Crippen LogP contribution < -0.4 is 0 Å². The van der Waals surface area contributed by atoms with Crippen molar-refractivity contribution in [2.45, 2.75) is 50.7 Å². The van der Waals surface area contributed by atoms with Crippen LogP contribution in [0.2, 0.25) is 0 Å². The zero-order valence-electron chi connectivity index (χ0n) is 13.0. The first-order valence-electron chi connectivity index (χ1n) is 6.63. The molecule has 1 aromatic heterocycles. The number of carbonyl (C=O) groups excluding carboxylic acids is 1. The van der Waals surface area contributed by atoms with E-state index in [0.717, 1.165) is 0 Å². The molecule has 1 aromatic rings. The fourth-order valence-electron chi connectivity index (χ4n) is 1.51. The van der Waals surface area contributed by atoms with Gasteiger partial charge in [0.25, 0.3) is 0 Å². The summed E-state index contributed by atoms with van der Waals surface area (Å²) in [7, 11) is 0. The van der Waals surface area contributed by atoms with Gasteiger partial charge in [-0.1, -0.05) is 6.07 Å². The Kier molecular flexibility index (Phi) is 5.41. The van der Waals surface area contributed by atoms with Crippen LogP contribution in [-0.2, 0) is 15.9 Å². The predicted octanol–water partition coefficient (Wildman–Crippen LogP) is 4.44. The number of alkyl halides is 6. The van der Waals surface area contributed by atoms with E-state index >= 15 is 0 Å². The van der Waals surface area contributed by atoms with Crippen LogP contribution in [0.5, 0.6) is 0 Å². The van der Waals surface area contributed by atoms with E-state index in [-0.39, 0.29) is 5.69 Å². The van der Waals surface area contributed by atoms with E-state index in [1.165, 1.54) is 24.4 Å². The van der Waals surface area contributed by atoms with E-state index in [1.54, 1.807) is 0 Å². The molecule has 0 spiro atoms. The van der Waals surface area contributed by atoms with Gasteiger partial charge in [-0.15, -0.1) is 0 Å². The van der Waals surface area contributed by atoms with Gasteiger partial charge in [0, 0.05) is 18.3 Å². The van der Waals surface area contributed by atoms with Crippen LogP contribution in [0.4, 0.5) is 31.1 Å². The molecule has 0 N–H and O–H groups in total. The first kappa shape index (κ1) is 20.0. The zero-order valence-corrected chi connectivity index (χ0v) is 13.0. The van der Waals surface area contributed by atoms with Crippen molar-refractivity contribution in [2.24, 2.45) is 0 Å². The number of rotatable bonds is 4. The SMILES string of the molecule is CC(C)(OC(=O)OC(C)(Cc1ccccn1)C(F)(F)F)C(F)(F)F. The van der Waals surface area contributed by atoms with Crippen molar-refractivity contribution in [3.63, 3.8) is 0 Å². The zero-order chi connectivity index (χ0) is 18.8. The third kappa shape index (κ3) is 4.75. The Morgan fingerprint density at radius 3 is 2.00 bits per heavy atom. The first-order valence-corrected chi connectivity index (χ1v) is 6.63. The van der Waals surface area contributed by atoms with E-state index in [0.29, 0.717) is 20.8 Å². The third-order valence-corrected chi connectivity index (χ3v) is 3.17. The Morgan fingerprint density at radius 2 is 1.58 bits per heavy atom. The number of ether oxygens (including phenoxy) is 2. The summed E-state index contributed by atoms with van der Waals surface area (Å²) in [5.74, 6) is 0. The summed E-state index contributed by atoms with van der Waals surface area (Å²) < 4.78 is 85.9. The minimum Gasteiger partial charge on any atom is -0.419 e. The van der Waals surface area contributed by atoms with Gasteiger partial charge in [0.15, 0.2) is 0 Å². The smallest absolute Gasteiger partial charge is 0.419 e. The molecule has 4 nitrogen and oxygen atoms in total. The second-order valence-electron chi connectivity index (χ2n) is 5.69. The van der Waals surface area contributed by atoms with Crippen LogP contribution in [0.1, 0.15) is 26.5 Å². The molecule has 1 unspecified atom stereocenters. The molecule has 1 rings (SSSR count). The van der Waals surface area contributed by atoms with Crippen molar-refractivity contribution in [1.29, 1.82) is 0 Å². The second kappa shape index (κ2) is 6.48. The molecule has 0 aliphatic carbocycles. The summed E-state index contributed by atoms with van der Waals surface area (Å²) in [6, 6.07) is 4.15. The van der Waals surface area contributed by atoms with Crippen molar-refractivity contribution >= 4 is 6.16 Å². The highest BCUT2D eigenvalue weighted by atomic mass is 19.4. The lowest BCUT2D eigenvalue weighted by molar-refractivity contribution is -0.277. The number of nitrogens with zero attached hydrogens (tertiary/aromatic N) is 1. The van der Waals surface area contributed by atoms with Crippen LogP contribution >= 0.6 is 0 Å². The molecular formula is C14H15F6NO3. The lowest BCUT2D eigenvalue weighted by Gasteiger charge is -2.33. The molecule has 24 heavy (non-hydrogen) atoms. The van der Waals surface area contributed by atoms with E-state index in [2.05, 4.69) is 14.5 Å². The lowest BCUT2D eigenvalue weighted by atomic mass is 9.99. The van der Waals surface area contributed by atoms with Gasteiger partial charge in [0.1, 0.15) is 0 Å². The summed E-state index contributed by atoms with van der Waals surface area (Å²) in [5, 5.41) is 0. The normalized spacial score (nSPS) is 15.5. The van der Waals surface area contributed by atoms with E-state index in [4.69, 9.17) is 0 Å². The molecule has 0 amide bonds. The third-order valence-electron chi connectivity index (χ3n) is 3.17. The molecule has 0 radical (unpaired) electrons. The Morgan fingerprint density at radius 1 is 1.00 bits per heavy atom. The number of hydrogen-bond acceptors (Lipinski definition) is 4. The van der Waals surface area contributed by atoms with Crippen LogP contribution in [0, 0.1) is 0 Å². The Labute approximate surface area is 133 Å². The number of pyridine rings is 1. The lowest BCUT2D eigenvalue weighted by Crippen LogP contribution is -2.51. The van der Waals surface area contributed by atoms with Crippen LogP contribution in [-0.4, -0.2) is 34.7 Å². The number of aromatic nitrogens is 1. The van der Waals surface area contributed by atoms with E-state index < -0.39 is 36.1 Å². The number of hydrogen-bond donors (Lipinski definition) is 0. The largest absolute Gasteiger partial charge is 0.510 e. The quantitative estimate of drug-likeness (QED) is 0.589. The summed E-state index contributed by atoms with van der Waals surface area (Å²) in [4.78, 5) is 15.2. The van der Waals surface area contributed by atoms with Crippen molar-refractivity contribution in [1.82, 2.24) is 4.98 Å². The maximum atomic E-state index is 13.2. The molecule has 0 aliphatic rings. The second-order valence-corrected chi connectivity index (χ2v) is 5.69. The van der Waals surface area contributed by atoms with Gasteiger partial charge in [0.2, 0.25) is 11.2 Å². The standard InChI is InChI=1S/C14H15F6NO3/c1-11(2,13(15,16)17)23-10(22)24-12(3,14(18,19)20)8-9-6-4-5-7-21-9/h4-7H,8H2,1-3H3. The maximum absolute atomic E-state index is 13.2. The summed E-state index contributed by atoms with van der Waals surface area (Å²) in [6.07, 6.45) is -11.7. The van der Waals surface area contributed by atoms with E-state index in [9.17, 15) is 31.1 Å². The van der Waals surface area contributed by atoms with Crippen molar-refractivity contribution in [3.05, 3.63) is 30.1 Å². The topological polar surface area (TPSA) is 48.4 Å². The Hall–Kier alpha value is -2.00. The average molecular weight is 359 g/mol. The minimum absolute atomic E-state index is 0.0554. The molecule has 1 atom stereocenters. The monoisotopic (exact) mass is 359 g/mol. The van der Waals surface area contributed by atoms with Crippen molar-refractivity contribution in [2.75, 3.05) is 0 Å². The molecular weight excluding hydrogens is 344 g/mol. The highest BCUT2D eigenvalue weighted by Gasteiger charge is 2.57. The molecule has 0 fully saturated rings. The molecule has 0 aromatic carbocycles. The highest BCUT2D eigenvalue weighted by Crippen LogP contribution is 2.38. The molecule has 1 heterocycles. The Bertz CT molecular complexity index is 570. The summed E-state index contributed by atoms with van der Waals surface area (Å²) in [5.41, 5.74) is -6.15. The fraction of sp³-hybridized carbons (Fsp3) is 0.571. The van der Waals surface area contributed by atoms with Gasteiger partial charge in [0.05, 0.1) is 0 Å². The van der Waals surface area contributed by atoms with Gasteiger partial charge in [-0.05, 0) is 32.9 Å². The fourth-order valence-corrected chi connectivity index (χ4v) is 1.51. The number of halogens is 6. The molecule has 0 aliphatic heterocycles. The minimum atomic E-state index is -5.05. The summed E-state index contributed by atoms with van der Waals surface area (Å²) in [6.45, 7) is 1.53. The molecule has 0 saturated heterocycles. The van der Waals surface area contributed by atoms with Gasteiger partial charge >= 0.3 is 18.5 Å². The van der Waals surface area contributed by atoms with Crippen LogP contribution in [0.15, 0.2) is 24.4 Å². The van der Waals surface area contributed by atoms with E-state index in [1.807, 2.05) is 0 Å². The van der Waals surface area contributed by atoms with Crippen molar-refractivity contribution in [3.8, 4) is 0 Å². The highest BCUT2D eigenvalue weighted by molar-refractivity contribution is 5.61. The Balaban J connectivity index is 2.97. The maximum Gasteiger partial charge on any atom is 0.510 e. The molecule has 0 saturated carbocycles. The van der Waals surface area contributed by atoms with Crippen LogP contribution in [0.25, 0.3) is 0 Å². The number of carbonyl (C=O) groups is 1. The molecule has 10 heteroatoms.